The molecule has 1 aliphatic heterocycles. The van der Waals surface area contributed by atoms with Gasteiger partial charge >= 0.3 is 0 Å². The lowest BCUT2D eigenvalue weighted by Crippen LogP contribution is -2.58. The van der Waals surface area contributed by atoms with E-state index in [2.05, 4.69) is 10.2 Å². The predicted molar refractivity (Wildman–Crippen MR) is 96.5 cm³/mol. The molecule has 1 N–H and O–H groups in total. The molecule has 2 fully saturated rings. The van der Waals surface area contributed by atoms with Gasteiger partial charge in [0.2, 0.25) is 0 Å². The summed E-state index contributed by atoms with van der Waals surface area (Å²) in [6.45, 7) is 8.94. The molecule has 1 amide bonds. The van der Waals surface area contributed by atoms with Gasteiger partial charge in [-0.25, -0.2) is 0 Å². The fraction of sp³-hybridized carbons (Fsp3) is 0.750. The van der Waals surface area contributed by atoms with E-state index < -0.39 is 0 Å². The zero-order valence-corrected chi connectivity index (χ0v) is 15.5. The maximum atomic E-state index is 12.8. The Balaban J connectivity index is 1.72. The van der Waals surface area contributed by atoms with Crippen LogP contribution >= 0.6 is 0 Å². The Morgan fingerprint density at radius 1 is 1.00 bits per heavy atom. The minimum Gasteiger partial charge on any atom is -0.466 e. The summed E-state index contributed by atoms with van der Waals surface area (Å²) in [5.74, 6) is 1.61. The third kappa shape index (κ3) is 3.39. The van der Waals surface area contributed by atoms with Crippen LogP contribution in [0.3, 0.4) is 0 Å². The van der Waals surface area contributed by atoms with Gasteiger partial charge in [-0.3, -0.25) is 9.69 Å². The van der Waals surface area contributed by atoms with E-state index in [9.17, 15) is 4.79 Å². The van der Waals surface area contributed by atoms with Crippen molar-refractivity contribution in [2.45, 2.75) is 77.7 Å². The fourth-order valence-electron chi connectivity index (χ4n) is 4.64. The van der Waals surface area contributed by atoms with Crippen LogP contribution in [0, 0.1) is 20.8 Å². The van der Waals surface area contributed by atoms with Crippen molar-refractivity contribution in [3.8, 4) is 0 Å². The summed E-state index contributed by atoms with van der Waals surface area (Å²) in [4.78, 5) is 15.5. The molecule has 0 spiro atoms. The zero-order chi connectivity index (χ0) is 17.2. The van der Waals surface area contributed by atoms with E-state index in [-0.39, 0.29) is 11.4 Å². The van der Waals surface area contributed by atoms with E-state index in [0.717, 1.165) is 29.2 Å². The molecule has 0 radical (unpaired) electrons. The number of carbonyl (C=O) groups excluding carboxylic acids is 1. The monoisotopic (exact) mass is 332 g/mol. The van der Waals surface area contributed by atoms with Crippen molar-refractivity contribution >= 4 is 5.91 Å². The van der Waals surface area contributed by atoms with Crippen molar-refractivity contribution < 1.29 is 9.21 Å². The predicted octanol–water partition coefficient (Wildman–Crippen LogP) is 4.12. The molecule has 0 bridgehead atoms. The quantitative estimate of drug-likeness (QED) is 0.902. The minimum absolute atomic E-state index is 0.0313. The second-order valence-corrected chi connectivity index (χ2v) is 7.73. The van der Waals surface area contributed by atoms with Gasteiger partial charge in [0.25, 0.3) is 5.91 Å². The number of nitrogens with zero attached hydrogens (tertiary/aromatic N) is 1. The highest BCUT2D eigenvalue weighted by molar-refractivity contribution is 5.96. The lowest BCUT2D eigenvalue weighted by molar-refractivity contribution is 0.0326. The van der Waals surface area contributed by atoms with Crippen molar-refractivity contribution in [3.05, 3.63) is 22.6 Å². The van der Waals surface area contributed by atoms with Gasteiger partial charge in [-0.2, -0.15) is 0 Å². The van der Waals surface area contributed by atoms with E-state index in [1.165, 1.54) is 64.5 Å². The maximum Gasteiger partial charge on any atom is 0.255 e. The minimum atomic E-state index is 0.0313. The summed E-state index contributed by atoms with van der Waals surface area (Å²) in [6, 6.07) is 0. The number of aryl methyl sites for hydroxylation is 2. The first-order valence-corrected chi connectivity index (χ1v) is 9.63. The largest absolute Gasteiger partial charge is 0.466 e. The zero-order valence-electron chi connectivity index (χ0n) is 15.5. The highest BCUT2D eigenvalue weighted by Gasteiger charge is 2.38. The van der Waals surface area contributed by atoms with Crippen LogP contribution in [-0.2, 0) is 0 Å². The van der Waals surface area contributed by atoms with E-state index in [1.807, 2.05) is 20.8 Å². The van der Waals surface area contributed by atoms with Gasteiger partial charge in [-0.1, -0.05) is 25.7 Å². The summed E-state index contributed by atoms with van der Waals surface area (Å²) < 4.78 is 5.63. The molecular weight excluding hydrogens is 300 g/mol. The Bertz CT molecular complexity index is 579. The summed E-state index contributed by atoms with van der Waals surface area (Å²) in [5, 5.41) is 3.26. The first kappa shape index (κ1) is 17.5. The Kier molecular flexibility index (Phi) is 5.33. The molecule has 3 rings (SSSR count). The van der Waals surface area contributed by atoms with Crippen LogP contribution in [0.2, 0.25) is 0 Å². The highest BCUT2D eigenvalue weighted by Crippen LogP contribution is 2.35. The summed E-state index contributed by atoms with van der Waals surface area (Å²) in [5.41, 5.74) is 1.88. The Labute approximate surface area is 146 Å². The molecule has 134 valence electrons. The number of amides is 1. The first-order valence-electron chi connectivity index (χ1n) is 9.63. The van der Waals surface area contributed by atoms with E-state index >= 15 is 0 Å². The van der Waals surface area contributed by atoms with Gasteiger partial charge in [-0.15, -0.1) is 0 Å². The number of piperidine rings is 1. The Morgan fingerprint density at radius 3 is 2.21 bits per heavy atom. The van der Waals surface area contributed by atoms with Gasteiger partial charge in [0, 0.05) is 17.6 Å². The molecule has 2 heterocycles. The SMILES string of the molecule is Cc1oc(C)c(C(=O)NCC2(N3CCCCC3)CCCCC2)c1C. The average molecular weight is 332 g/mol. The van der Waals surface area contributed by atoms with Gasteiger partial charge < -0.3 is 9.73 Å². The number of hydrogen-bond donors (Lipinski definition) is 1. The lowest BCUT2D eigenvalue weighted by Gasteiger charge is -2.48. The van der Waals surface area contributed by atoms with Crippen LogP contribution in [0.5, 0.6) is 0 Å². The molecule has 0 atom stereocenters. The topological polar surface area (TPSA) is 45.5 Å². The molecule has 1 saturated heterocycles. The van der Waals surface area contributed by atoms with Crippen LogP contribution in [0.15, 0.2) is 4.42 Å². The molecule has 1 saturated carbocycles. The van der Waals surface area contributed by atoms with Crippen LogP contribution in [0.4, 0.5) is 0 Å². The standard InChI is InChI=1S/C20H32N2O2/c1-15-16(2)24-17(3)18(15)19(23)21-14-20(10-6-4-7-11-20)22-12-8-5-9-13-22/h4-14H2,1-3H3,(H,21,23). The third-order valence-electron chi connectivity index (χ3n) is 6.18. The van der Waals surface area contributed by atoms with Crippen molar-refractivity contribution in [2.24, 2.45) is 0 Å². The maximum absolute atomic E-state index is 12.8. The van der Waals surface area contributed by atoms with E-state index in [0.29, 0.717) is 0 Å². The molecule has 4 nitrogen and oxygen atoms in total. The second kappa shape index (κ2) is 7.30. The Morgan fingerprint density at radius 2 is 1.62 bits per heavy atom. The summed E-state index contributed by atoms with van der Waals surface area (Å²) >= 11 is 0. The number of hydrogen-bond acceptors (Lipinski definition) is 3. The molecule has 1 aromatic rings. The van der Waals surface area contributed by atoms with E-state index in [1.54, 1.807) is 0 Å². The number of nitrogens with one attached hydrogen (secondary N) is 1. The van der Waals surface area contributed by atoms with Crippen molar-refractivity contribution in [3.63, 3.8) is 0 Å². The molecule has 0 unspecified atom stereocenters. The normalized spacial score (nSPS) is 21.6. The highest BCUT2D eigenvalue weighted by atomic mass is 16.3. The number of furan rings is 1. The molecule has 4 heteroatoms. The van der Waals surface area contributed by atoms with Crippen LogP contribution in [0.25, 0.3) is 0 Å². The van der Waals surface area contributed by atoms with Gasteiger partial charge in [-0.05, 0) is 59.5 Å². The van der Waals surface area contributed by atoms with Gasteiger partial charge in [0.15, 0.2) is 0 Å². The summed E-state index contributed by atoms with van der Waals surface area (Å²) in [6.07, 6.45) is 10.3. The van der Waals surface area contributed by atoms with Crippen LogP contribution in [-0.4, -0.2) is 36.0 Å². The number of carbonyl (C=O) groups is 1. The second-order valence-electron chi connectivity index (χ2n) is 7.73. The molecule has 1 aliphatic carbocycles. The molecule has 0 aromatic carbocycles. The summed E-state index contributed by atoms with van der Waals surface area (Å²) in [7, 11) is 0. The number of likely N-dealkylation sites (tertiary alicyclic amines) is 1. The third-order valence-corrected chi connectivity index (χ3v) is 6.18. The fourth-order valence-corrected chi connectivity index (χ4v) is 4.64. The van der Waals surface area contributed by atoms with Gasteiger partial charge in [0.05, 0.1) is 5.56 Å². The Hall–Kier alpha value is -1.29. The first-order chi connectivity index (χ1) is 11.5. The van der Waals surface area contributed by atoms with E-state index in [4.69, 9.17) is 4.42 Å². The average Bonchev–Trinajstić information content (AvgIpc) is 2.87. The smallest absolute Gasteiger partial charge is 0.255 e. The molecule has 24 heavy (non-hydrogen) atoms. The van der Waals surface area contributed by atoms with Crippen LogP contribution < -0.4 is 5.32 Å². The van der Waals surface area contributed by atoms with Crippen molar-refractivity contribution in [1.29, 1.82) is 0 Å². The number of rotatable bonds is 4. The molecule has 2 aliphatic rings. The van der Waals surface area contributed by atoms with Crippen molar-refractivity contribution in [1.82, 2.24) is 10.2 Å². The van der Waals surface area contributed by atoms with Crippen molar-refractivity contribution in [2.75, 3.05) is 19.6 Å². The van der Waals surface area contributed by atoms with Crippen LogP contribution in [0.1, 0.15) is 78.8 Å². The van der Waals surface area contributed by atoms with Gasteiger partial charge in [0.1, 0.15) is 11.5 Å². The lowest BCUT2D eigenvalue weighted by atomic mass is 9.79. The molecule has 1 aromatic heterocycles. The molecular formula is C20H32N2O2.